The number of hydrogen-bond donors (Lipinski definition) is 2. The highest BCUT2D eigenvalue weighted by Gasteiger charge is 2.17. The van der Waals surface area contributed by atoms with Crippen LogP contribution in [0.15, 0.2) is 36.4 Å². The van der Waals surface area contributed by atoms with Crippen LogP contribution in [0.2, 0.25) is 5.02 Å². The number of nitrogens with one attached hydrogen (secondary N) is 2. The maximum Gasteiger partial charge on any atom is 0.314 e. The van der Waals surface area contributed by atoms with Crippen molar-refractivity contribution in [1.29, 1.82) is 0 Å². The summed E-state index contributed by atoms with van der Waals surface area (Å²) in [6, 6.07) is 8.33. The van der Waals surface area contributed by atoms with Crippen LogP contribution in [0, 0.1) is 5.82 Å². The van der Waals surface area contributed by atoms with Gasteiger partial charge in [-0.2, -0.15) is 0 Å². The number of methoxy groups -OCH3 is 2. The smallest absolute Gasteiger partial charge is 0.314 e. The largest absolute Gasteiger partial charge is 0.497 e. The van der Waals surface area contributed by atoms with E-state index in [4.69, 9.17) is 21.1 Å². The molecule has 0 fully saturated rings. The van der Waals surface area contributed by atoms with E-state index in [2.05, 4.69) is 10.6 Å². The summed E-state index contributed by atoms with van der Waals surface area (Å²) in [5.41, 5.74) is 0.466. The number of ether oxygens (including phenoxy) is 2. The Morgan fingerprint density at radius 2 is 1.71 bits per heavy atom. The lowest BCUT2D eigenvalue weighted by Gasteiger charge is -2.12. The van der Waals surface area contributed by atoms with Crippen LogP contribution >= 0.6 is 11.6 Å². The van der Waals surface area contributed by atoms with Gasteiger partial charge in [-0.15, -0.1) is 0 Å². The Labute approximate surface area is 142 Å². The van der Waals surface area contributed by atoms with E-state index >= 15 is 0 Å². The summed E-state index contributed by atoms with van der Waals surface area (Å²) in [5.74, 6) is -1.65. The molecule has 6 nitrogen and oxygen atoms in total. The molecule has 2 aromatic rings. The molecule has 0 aromatic heterocycles. The molecule has 0 aliphatic heterocycles. The average Bonchev–Trinajstić information content (AvgIpc) is 2.58. The fourth-order valence-electron chi connectivity index (χ4n) is 1.85. The average molecular weight is 353 g/mol. The van der Waals surface area contributed by atoms with Gasteiger partial charge >= 0.3 is 11.8 Å². The molecule has 126 valence electrons. The second-order valence-corrected chi connectivity index (χ2v) is 5.01. The summed E-state index contributed by atoms with van der Waals surface area (Å²) in [4.78, 5) is 23.9. The second kappa shape index (κ2) is 7.65. The van der Waals surface area contributed by atoms with Gasteiger partial charge in [0.2, 0.25) is 0 Å². The maximum absolute atomic E-state index is 13.1. The van der Waals surface area contributed by atoms with Crippen LogP contribution in [0.25, 0.3) is 0 Å². The van der Waals surface area contributed by atoms with Crippen molar-refractivity contribution in [2.45, 2.75) is 0 Å². The first-order chi connectivity index (χ1) is 11.4. The molecule has 0 unspecified atom stereocenters. The fraction of sp³-hybridized carbons (Fsp3) is 0.125. The van der Waals surface area contributed by atoms with Gasteiger partial charge in [0.15, 0.2) is 0 Å². The van der Waals surface area contributed by atoms with Crippen LogP contribution in [-0.4, -0.2) is 26.0 Å². The topological polar surface area (TPSA) is 76.7 Å². The highest BCUT2D eigenvalue weighted by molar-refractivity contribution is 6.44. The summed E-state index contributed by atoms with van der Waals surface area (Å²) < 4.78 is 23.3. The molecule has 0 spiro atoms. The standard InChI is InChI=1S/C16H14ClFN2O4/c1-23-10-4-6-14(24-2)13(8-10)20-16(22)15(21)19-9-3-5-12(18)11(17)7-9/h3-8H,1-2H3,(H,19,21)(H,20,22). The van der Waals surface area contributed by atoms with Gasteiger partial charge in [0.25, 0.3) is 0 Å². The normalized spacial score (nSPS) is 10.0. The molecule has 0 radical (unpaired) electrons. The number of carbonyl (C=O) groups is 2. The molecule has 2 amide bonds. The zero-order valence-electron chi connectivity index (χ0n) is 12.9. The SMILES string of the molecule is COc1ccc(OC)c(NC(=O)C(=O)Nc2ccc(F)c(Cl)c2)c1. The zero-order valence-corrected chi connectivity index (χ0v) is 13.6. The highest BCUT2D eigenvalue weighted by Crippen LogP contribution is 2.28. The molecule has 0 atom stereocenters. The van der Waals surface area contributed by atoms with Gasteiger partial charge in [0, 0.05) is 11.8 Å². The van der Waals surface area contributed by atoms with E-state index in [1.165, 1.54) is 32.4 Å². The van der Waals surface area contributed by atoms with Gasteiger partial charge in [-0.1, -0.05) is 11.6 Å². The minimum absolute atomic E-state index is 0.164. The first-order valence-electron chi connectivity index (χ1n) is 6.74. The van der Waals surface area contributed by atoms with Crippen LogP contribution in [0.3, 0.4) is 0 Å². The van der Waals surface area contributed by atoms with Crippen LogP contribution in [-0.2, 0) is 9.59 Å². The Morgan fingerprint density at radius 1 is 1.00 bits per heavy atom. The molecule has 0 saturated heterocycles. The van der Waals surface area contributed by atoms with Gasteiger partial charge < -0.3 is 20.1 Å². The molecular weight excluding hydrogens is 339 g/mol. The summed E-state index contributed by atoms with van der Waals surface area (Å²) in [7, 11) is 2.90. The van der Waals surface area contributed by atoms with E-state index < -0.39 is 17.6 Å². The summed E-state index contributed by atoms with van der Waals surface area (Å²) in [6.07, 6.45) is 0. The molecule has 2 N–H and O–H groups in total. The van der Waals surface area contributed by atoms with Crippen molar-refractivity contribution in [3.8, 4) is 11.5 Å². The number of amides is 2. The third-order valence-electron chi connectivity index (χ3n) is 3.04. The number of carbonyl (C=O) groups excluding carboxylic acids is 2. The Bertz CT molecular complexity index is 783. The van der Waals surface area contributed by atoms with Gasteiger partial charge in [0.1, 0.15) is 17.3 Å². The highest BCUT2D eigenvalue weighted by atomic mass is 35.5. The summed E-state index contributed by atoms with van der Waals surface area (Å²) in [5, 5.41) is 4.58. The number of rotatable bonds is 4. The monoisotopic (exact) mass is 352 g/mol. The van der Waals surface area contributed by atoms with Gasteiger partial charge in [-0.3, -0.25) is 9.59 Å². The second-order valence-electron chi connectivity index (χ2n) is 4.60. The molecule has 0 aliphatic carbocycles. The van der Waals surface area contributed by atoms with Crippen LogP contribution in [0.5, 0.6) is 11.5 Å². The van der Waals surface area contributed by atoms with Gasteiger partial charge in [0.05, 0.1) is 24.9 Å². The first kappa shape index (κ1) is 17.6. The minimum atomic E-state index is -0.942. The van der Waals surface area contributed by atoms with E-state index in [0.29, 0.717) is 11.5 Å². The van der Waals surface area contributed by atoms with E-state index in [0.717, 1.165) is 6.07 Å². The van der Waals surface area contributed by atoms with Crippen molar-refractivity contribution in [1.82, 2.24) is 0 Å². The van der Waals surface area contributed by atoms with Crippen molar-refractivity contribution in [2.75, 3.05) is 24.9 Å². The molecule has 2 rings (SSSR count). The number of halogens is 2. The van der Waals surface area contributed by atoms with Crippen molar-refractivity contribution < 1.29 is 23.5 Å². The third kappa shape index (κ3) is 4.14. The number of hydrogen-bond acceptors (Lipinski definition) is 4. The van der Waals surface area contributed by atoms with Crippen molar-refractivity contribution >= 4 is 34.8 Å². The lowest BCUT2D eigenvalue weighted by atomic mass is 10.2. The number of benzene rings is 2. The molecule has 0 heterocycles. The van der Waals surface area contributed by atoms with Crippen molar-refractivity contribution in [3.63, 3.8) is 0 Å². The van der Waals surface area contributed by atoms with Gasteiger partial charge in [-0.05, 0) is 30.3 Å². The first-order valence-corrected chi connectivity index (χ1v) is 7.11. The Kier molecular flexibility index (Phi) is 5.59. The maximum atomic E-state index is 13.1. The third-order valence-corrected chi connectivity index (χ3v) is 3.33. The summed E-state index contributed by atoms with van der Waals surface area (Å²) in [6.45, 7) is 0. The molecular formula is C16H14ClFN2O4. The zero-order chi connectivity index (χ0) is 17.7. The summed E-state index contributed by atoms with van der Waals surface area (Å²) >= 11 is 5.62. The Morgan fingerprint density at radius 3 is 2.33 bits per heavy atom. The van der Waals surface area contributed by atoms with E-state index in [1.807, 2.05) is 0 Å². The predicted molar refractivity (Wildman–Crippen MR) is 88.2 cm³/mol. The quantitative estimate of drug-likeness (QED) is 0.829. The van der Waals surface area contributed by atoms with Crippen LogP contribution < -0.4 is 20.1 Å². The number of anilines is 2. The van der Waals surface area contributed by atoms with E-state index in [-0.39, 0.29) is 16.4 Å². The van der Waals surface area contributed by atoms with Gasteiger partial charge in [-0.25, -0.2) is 4.39 Å². The van der Waals surface area contributed by atoms with E-state index in [9.17, 15) is 14.0 Å². The molecule has 24 heavy (non-hydrogen) atoms. The fourth-order valence-corrected chi connectivity index (χ4v) is 2.03. The molecule has 0 saturated carbocycles. The van der Waals surface area contributed by atoms with Crippen molar-refractivity contribution in [3.05, 3.63) is 47.2 Å². The van der Waals surface area contributed by atoms with Crippen LogP contribution in [0.4, 0.5) is 15.8 Å². The van der Waals surface area contributed by atoms with Crippen molar-refractivity contribution in [2.24, 2.45) is 0 Å². The molecule has 2 aromatic carbocycles. The van der Waals surface area contributed by atoms with Crippen LogP contribution in [0.1, 0.15) is 0 Å². The molecule has 0 aliphatic rings. The lowest BCUT2D eigenvalue weighted by Crippen LogP contribution is -2.29. The predicted octanol–water partition coefficient (Wildman–Crippen LogP) is 3.07. The van der Waals surface area contributed by atoms with E-state index in [1.54, 1.807) is 12.1 Å². The molecule has 8 heteroatoms. The molecule has 0 bridgehead atoms. The minimum Gasteiger partial charge on any atom is -0.497 e. The Hall–Kier alpha value is -2.80. The Balaban J connectivity index is 2.11. The lowest BCUT2D eigenvalue weighted by molar-refractivity contribution is -0.133.